The van der Waals surface area contributed by atoms with E-state index in [1.807, 2.05) is 0 Å². The smallest absolute Gasteiger partial charge is 0.0589 e. The summed E-state index contributed by atoms with van der Waals surface area (Å²) in [5.41, 5.74) is 0.482. The molecule has 0 amide bonds. The van der Waals surface area contributed by atoms with Crippen molar-refractivity contribution in [2.75, 3.05) is 25.0 Å². The highest BCUT2D eigenvalue weighted by Gasteiger charge is 2.38. The molecule has 1 saturated carbocycles. The lowest BCUT2D eigenvalue weighted by molar-refractivity contribution is 0.0797. The van der Waals surface area contributed by atoms with E-state index in [4.69, 9.17) is 0 Å². The van der Waals surface area contributed by atoms with Gasteiger partial charge in [0.25, 0.3) is 0 Å². The Morgan fingerprint density at radius 2 is 2.00 bits per heavy atom. The van der Waals surface area contributed by atoms with Gasteiger partial charge < -0.3 is 5.11 Å². The molecule has 1 heterocycles. The summed E-state index contributed by atoms with van der Waals surface area (Å²) in [6.07, 6.45) is 8.16. The van der Waals surface area contributed by atoms with Crippen LogP contribution in [0, 0.1) is 11.3 Å². The third-order valence-electron chi connectivity index (χ3n) is 4.92. The van der Waals surface area contributed by atoms with Crippen LogP contribution in [0.2, 0.25) is 0 Å². The second kappa shape index (κ2) is 6.03. The van der Waals surface area contributed by atoms with E-state index in [2.05, 4.69) is 27.8 Å². The molecule has 1 saturated heterocycles. The summed E-state index contributed by atoms with van der Waals surface area (Å²) < 4.78 is 0. The van der Waals surface area contributed by atoms with Gasteiger partial charge in [0.1, 0.15) is 0 Å². The number of halogens is 1. The first-order chi connectivity index (χ1) is 8.21. The summed E-state index contributed by atoms with van der Waals surface area (Å²) in [5, 5.41) is 10.7. The molecule has 0 radical (unpaired) electrons. The fourth-order valence-corrected chi connectivity index (χ4v) is 4.38. The van der Waals surface area contributed by atoms with E-state index in [1.54, 1.807) is 0 Å². The van der Waals surface area contributed by atoms with Gasteiger partial charge in [-0.05, 0) is 37.1 Å². The highest BCUT2D eigenvalue weighted by atomic mass is 79.9. The molecule has 2 rings (SSSR count). The normalized spacial score (nSPS) is 34.1. The van der Waals surface area contributed by atoms with Crippen LogP contribution < -0.4 is 0 Å². The summed E-state index contributed by atoms with van der Waals surface area (Å²) in [6, 6.07) is 0.410. The van der Waals surface area contributed by atoms with Crippen molar-refractivity contribution in [2.45, 2.75) is 51.5 Å². The number of likely N-dealkylation sites (tertiary alicyclic amines) is 1. The lowest BCUT2D eigenvalue weighted by atomic mass is 9.75. The minimum Gasteiger partial charge on any atom is -0.395 e. The van der Waals surface area contributed by atoms with Crippen LogP contribution in [0.3, 0.4) is 0 Å². The van der Waals surface area contributed by atoms with Crippen molar-refractivity contribution in [2.24, 2.45) is 11.3 Å². The highest BCUT2D eigenvalue weighted by Crippen LogP contribution is 2.40. The Labute approximate surface area is 114 Å². The molecule has 2 nitrogen and oxygen atoms in total. The largest absolute Gasteiger partial charge is 0.395 e. The van der Waals surface area contributed by atoms with Crippen LogP contribution in [0.1, 0.15) is 45.4 Å². The van der Waals surface area contributed by atoms with Crippen molar-refractivity contribution in [1.82, 2.24) is 4.90 Å². The van der Waals surface area contributed by atoms with Crippen molar-refractivity contribution < 1.29 is 5.11 Å². The average molecular weight is 304 g/mol. The molecular formula is C14H26BrNO. The van der Waals surface area contributed by atoms with Crippen LogP contribution in [0.5, 0.6) is 0 Å². The fourth-order valence-electron chi connectivity index (χ4n) is 3.65. The summed E-state index contributed by atoms with van der Waals surface area (Å²) in [7, 11) is 0. The molecule has 0 aromatic heterocycles. The zero-order chi connectivity index (χ0) is 12.3. The van der Waals surface area contributed by atoms with Crippen molar-refractivity contribution in [3.63, 3.8) is 0 Å². The van der Waals surface area contributed by atoms with Gasteiger partial charge in [-0.1, -0.05) is 42.1 Å². The maximum atomic E-state index is 9.54. The molecule has 100 valence electrons. The second-order valence-corrected chi connectivity index (χ2v) is 6.74. The summed E-state index contributed by atoms with van der Waals surface area (Å²) in [5.74, 6) is 0.663. The third kappa shape index (κ3) is 3.05. The van der Waals surface area contributed by atoms with Gasteiger partial charge in [0.15, 0.2) is 0 Å². The Bertz CT molecular complexity index is 240. The van der Waals surface area contributed by atoms with Crippen LogP contribution in [0.15, 0.2) is 0 Å². The summed E-state index contributed by atoms with van der Waals surface area (Å²) in [6.45, 7) is 4.98. The zero-order valence-corrected chi connectivity index (χ0v) is 12.6. The molecule has 0 aromatic carbocycles. The molecule has 2 atom stereocenters. The van der Waals surface area contributed by atoms with Crippen LogP contribution in [0.4, 0.5) is 0 Å². The van der Waals surface area contributed by atoms with Gasteiger partial charge in [-0.2, -0.15) is 0 Å². The molecule has 0 aromatic rings. The Balaban J connectivity index is 1.98. The van der Waals surface area contributed by atoms with Crippen LogP contribution in [0.25, 0.3) is 0 Å². The van der Waals surface area contributed by atoms with Gasteiger partial charge in [-0.3, -0.25) is 4.90 Å². The van der Waals surface area contributed by atoms with Crippen LogP contribution in [-0.2, 0) is 0 Å². The first-order valence-corrected chi connectivity index (χ1v) is 8.24. The van der Waals surface area contributed by atoms with E-state index in [9.17, 15) is 5.11 Å². The van der Waals surface area contributed by atoms with Gasteiger partial charge in [0.05, 0.1) is 6.61 Å². The van der Waals surface area contributed by atoms with Crippen molar-refractivity contribution in [1.29, 1.82) is 0 Å². The number of aliphatic hydroxyl groups excluding tert-OH is 1. The van der Waals surface area contributed by atoms with Gasteiger partial charge in [0, 0.05) is 17.9 Å². The first-order valence-electron chi connectivity index (χ1n) is 7.12. The van der Waals surface area contributed by atoms with Gasteiger partial charge >= 0.3 is 0 Å². The quantitative estimate of drug-likeness (QED) is 0.807. The number of nitrogens with zero attached hydrogens (tertiary/aromatic N) is 1. The predicted molar refractivity (Wildman–Crippen MR) is 75.5 cm³/mol. The number of aliphatic hydroxyl groups is 1. The molecule has 0 spiro atoms. The summed E-state index contributed by atoms with van der Waals surface area (Å²) in [4.78, 5) is 2.55. The standard InChI is InChI=1S/C14H26BrNO/c1-12-5-8-16(13(12)9-17)11-14(10-15)6-3-2-4-7-14/h12-13,17H,2-11H2,1H3. The SMILES string of the molecule is CC1CCN(CC2(CBr)CCCCC2)C1CO. The molecule has 2 aliphatic rings. The molecule has 1 N–H and O–H groups in total. The van der Waals surface area contributed by atoms with E-state index in [1.165, 1.54) is 51.6 Å². The fraction of sp³-hybridized carbons (Fsp3) is 1.00. The molecule has 2 fully saturated rings. The van der Waals surface area contributed by atoms with Crippen molar-refractivity contribution in [3.05, 3.63) is 0 Å². The minimum atomic E-state index is 0.333. The molecule has 1 aliphatic carbocycles. The monoisotopic (exact) mass is 303 g/mol. The van der Waals surface area contributed by atoms with E-state index in [-0.39, 0.29) is 0 Å². The number of alkyl halides is 1. The molecular weight excluding hydrogens is 278 g/mol. The minimum absolute atomic E-state index is 0.333. The third-order valence-corrected chi connectivity index (χ3v) is 6.11. The Hall–Kier alpha value is 0.400. The molecule has 2 unspecified atom stereocenters. The number of rotatable bonds is 4. The van der Waals surface area contributed by atoms with Crippen molar-refractivity contribution in [3.8, 4) is 0 Å². The lowest BCUT2D eigenvalue weighted by Gasteiger charge is -2.40. The van der Waals surface area contributed by atoms with Crippen LogP contribution in [-0.4, -0.2) is 41.1 Å². The highest BCUT2D eigenvalue weighted by molar-refractivity contribution is 9.09. The number of hydrogen-bond donors (Lipinski definition) is 1. The van der Waals surface area contributed by atoms with E-state index >= 15 is 0 Å². The van der Waals surface area contributed by atoms with Gasteiger partial charge in [-0.15, -0.1) is 0 Å². The lowest BCUT2D eigenvalue weighted by Crippen LogP contribution is -2.44. The van der Waals surface area contributed by atoms with E-state index < -0.39 is 0 Å². The predicted octanol–water partition coefficient (Wildman–Crippen LogP) is 3.03. The number of hydrogen-bond acceptors (Lipinski definition) is 2. The van der Waals surface area contributed by atoms with Gasteiger partial charge in [-0.25, -0.2) is 0 Å². The maximum absolute atomic E-state index is 9.54. The molecule has 0 bridgehead atoms. The Morgan fingerprint density at radius 1 is 1.29 bits per heavy atom. The average Bonchev–Trinajstić information content (AvgIpc) is 2.71. The maximum Gasteiger partial charge on any atom is 0.0589 e. The zero-order valence-electron chi connectivity index (χ0n) is 11.0. The second-order valence-electron chi connectivity index (χ2n) is 6.18. The van der Waals surface area contributed by atoms with E-state index in [0.29, 0.717) is 24.0 Å². The first kappa shape index (κ1) is 13.8. The van der Waals surface area contributed by atoms with Crippen LogP contribution >= 0.6 is 15.9 Å². The summed E-state index contributed by atoms with van der Waals surface area (Å²) >= 11 is 3.74. The van der Waals surface area contributed by atoms with Gasteiger partial charge in [0.2, 0.25) is 0 Å². The Morgan fingerprint density at radius 3 is 2.59 bits per heavy atom. The van der Waals surface area contributed by atoms with Crippen molar-refractivity contribution >= 4 is 15.9 Å². The molecule has 17 heavy (non-hydrogen) atoms. The Kier molecular flexibility index (Phi) is 4.90. The topological polar surface area (TPSA) is 23.5 Å². The molecule has 1 aliphatic heterocycles. The van der Waals surface area contributed by atoms with E-state index in [0.717, 1.165) is 5.33 Å². The molecule has 3 heteroatoms.